The number of hydrogen-bond donors (Lipinski definition) is 0. The highest BCUT2D eigenvalue weighted by Crippen LogP contribution is 2.19. The van der Waals surface area contributed by atoms with Crippen molar-refractivity contribution in [3.05, 3.63) is 94.3 Å². The van der Waals surface area contributed by atoms with Crippen LogP contribution < -0.4 is 0 Å². The fraction of sp³-hybridized carbons (Fsp3) is 0.320. The van der Waals surface area contributed by atoms with Crippen molar-refractivity contribution in [2.24, 2.45) is 0 Å². The molecule has 1 atom stereocenters. The van der Waals surface area contributed by atoms with E-state index < -0.39 is 0 Å². The van der Waals surface area contributed by atoms with Gasteiger partial charge in [-0.05, 0) is 67.3 Å². The second kappa shape index (κ2) is 9.80. The Labute approximate surface area is 178 Å². The summed E-state index contributed by atoms with van der Waals surface area (Å²) < 4.78 is 2.19. The number of aryl methyl sites for hydroxylation is 1. The van der Waals surface area contributed by atoms with Gasteiger partial charge in [-0.3, -0.25) is 4.79 Å². The first-order valence-corrected chi connectivity index (χ1v) is 10.7. The number of hydrogen-bond acceptors (Lipinski definition) is 1. The quantitative estimate of drug-likeness (QED) is 0.436. The molecule has 1 unspecified atom stereocenters. The second-order valence-corrected chi connectivity index (χ2v) is 7.93. The third-order valence-corrected chi connectivity index (χ3v) is 5.73. The standard InChI is InChI=1S/C25H29ClN2O/c1-4-19(3)28(25(29)22-13-11-20(5-2)12-14-22)18-24-10-7-15-27(24)17-21-8-6-9-23(26)16-21/h6-16,19H,4-5,17-18H2,1-3H3. The first-order valence-electron chi connectivity index (χ1n) is 10.3. The molecule has 0 bridgehead atoms. The van der Waals surface area contributed by atoms with E-state index in [1.165, 1.54) is 5.56 Å². The van der Waals surface area contributed by atoms with Gasteiger partial charge in [-0.15, -0.1) is 0 Å². The number of amides is 1. The lowest BCUT2D eigenvalue weighted by Gasteiger charge is -2.29. The van der Waals surface area contributed by atoms with Crippen molar-refractivity contribution >= 4 is 17.5 Å². The van der Waals surface area contributed by atoms with Gasteiger partial charge in [0.2, 0.25) is 0 Å². The van der Waals surface area contributed by atoms with Crippen LogP contribution in [0.2, 0.25) is 5.02 Å². The summed E-state index contributed by atoms with van der Waals surface area (Å²) in [5, 5.41) is 0.739. The first-order chi connectivity index (χ1) is 14.0. The molecule has 1 heterocycles. The fourth-order valence-corrected chi connectivity index (χ4v) is 3.66. The van der Waals surface area contributed by atoms with Gasteiger partial charge < -0.3 is 9.47 Å². The van der Waals surface area contributed by atoms with Crippen LogP contribution in [0.5, 0.6) is 0 Å². The molecule has 2 aromatic carbocycles. The molecular formula is C25H29ClN2O. The third-order valence-electron chi connectivity index (χ3n) is 5.49. The number of halogens is 1. The Hall–Kier alpha value is -2.52. The van der Waals surface area contributed by atoms with Crippen LogP contribution in [-0.4, -0.2) is 21.4 Å². The van der Waals surface area contributed by atoms with Crippen LogP contribution in [0.25, 0.3) is 0 Å². The van der Waals surface area contributed by atoms with Crippen molar-refractivity contribution in [2.45, 2.75) is 52.7 Å². The molecule has 0 N–H and O–H groups in total. The summed E-state index contributed by atoms with van der Waals surface area (Å²) in [6.45, 7) is 7.67. The van der Waals surface area contributed by atoms with E-state index >= 15 is 0 Å². The number of carbonyl (C=O) groups excluding carboxylic acids is 1. The zero-order valence-electron chi connectivity index (χ0n) is 17.4. The maximum atomic E-state index is 13.3. The van der Waals surface area contributed by atoms with E-state index in [0.717, 1.165) is 41.2 Å². The lowest BCUT2D eigenvalue weighted by atomic mass is 10.1. The molecule has 152 valence electrons. The molecule has 0 aliphatic heterocycles. The second-order valence-electron chi connectivity index (χ2n) is 7.50. The predicted octanol–water partition coefficient (Wildman–Crippen LogP) is 6.19. The Bertz CT molecular complexity index is 945. The van der Waals surface area contributed by atoms with Crippen LogP contribution in [0.3, 0.4) is 0 Å². The van der Waals surface area contributed by atoms with Gasteiger partial charge in [0, 0.05) is 35.1 Å². The fourth-order valence-electron chi connectivity index (χ4n) is 3.45. The summed E-state index contributed by atoms with van der Waals surface area (Å²) in [7, 11) is 0. The van der Waals surface area contributed by atoms with Gasteiger partial charge in [-0.1, -0.05) is 49.7 Å². The van der Waals surface area contributed by atoms with Gasteiger partial charge in [0.25, 0.3) is 5.91 Å². The molecule has 0 spiro atoms. The maximum Gasteiger partial charge on any atom is 0.254 e. The topological polar surface area (TPSA) is 25.2 Å². The van der Waals surface area contributed by atoms with Crippen molar-refractivity contribution in [3.63, 3.8) is 0 Å². The molecule has 3 aromatic rings. The number of carbonyl (C=O) groups is 1. The summed E-state index contributed by atoms with van der Waals surface area (Å²) in [5.74, 6) is 0.0810. The van der Waals surface area contributed by atoms with Crippen molar-refractivity contribution in [1.82, 2.24) is 9.47 Å². The van der Waals surface area contributed by atoms with E-state index in [-0.39, 0.29) is 11.9 Å². The molecule has 0 radical (unpaired) electrons. The molecule has 4 heteroatoms. The molecule has 0 aliphatic carbocycles. The lowest BCUT2D eigenvalue weighted by Crippen LogP contribution is -2.38. The van der Waals surface area contributed by atoms with Gasteiger partial charge in [-0.25, -0.2) is 0 Å². The highest BCUT2D eigenvalue weighted by molar-refractivity contribution is 6.30. The minimum absolute atomic E-state index is 0.0810. The zero-order chi connectivity index (χ0) is 20.8. The zero-order valence-corrected chi connectivity index (χ0v) is 18.2. The molecule has 1 aromatic heterocycles. The largest absolute Gasteiger partial charge is 0.345 e. The Balaban J connectivity index is 1.82. The van der Waals surface area contributed by atoms with E-state index in [1.54, 1.807) is 0 Å². The van der Waals surface area contributed by atoms with Crippen LogP contribution in [0.4, 0.5) is 0 Å². The molecule has 0 aliphatic rings. The Morgan fingerprint density at radius 1 is 1.03 bits per heavy atom. The molecule has 0 saturated heterocycles. The van der Waals surface area contributed by atoms with Crippen LogP contribution in [0.1, 0.15) is 54.4 Å². The minimum atomic E-state index is 0.0810. The highest BCUT2D eigenvalue weighted by Gasteiger charge is 2.22. The van der Waals surface area contributed by atoms with Crippen molar-refractivity contribution in [2.75, 3.05) is 0 Å². The summed E-state index contributed by atoms with van der Waals surface area (Å²) in [6, 6.07) is 20.2. The van der Waals surface area contributed by atoms with Gasteiger partial charge >= 0.3 is 0 Å². The van der Waals surface area contributed by atoms with Crippen LogP contribution >= 0.6 is 11.6 Å². The van der Waals surface area contributed by atoms with Gasteiger partial charge in [0.15, 0.2) is 0 Å². The van der Waals surface area contributed by atoms with Crippen molar-refractivity contribution in [1.29, 1.82) is 0 Å². The summed E-state index contributed by atoms with van der Waals surface area (Å²) in [6.07, 6.45) is 3.94. The highest BCUT2D eigenvalue weighted by atomic mass is 35.5. The van der Waals surface area contributed by atoms with E-state index in [9.17, 15) is 4.79 Å². The van der Waals surface area contributed by atoms with E-state index in [1.807, 2.05) is 53.4 Å². The Kier molecular flexibility index (Phi) is 7.16. The monoisotopic (exact) mass is 408 g/mol. The third kappa shape index (κ3) is 5.30. The van der Waals surface area contributed by atoms with Gasteiger partial charge in [0.05, 0.1) is 6.54 Å². The SMILES string of the molecule is CCc1ccc(C(=O)N(Cc2cccn2Cc2cccc(Cl)c2)C(C)CC)cc1. The van der Waals surface area contributed by atoms with Crippen molar-refractivity contribution in [3.8, 4) is 0 Å². The molecular weight excluding hydrogens is 380 g/mol. The van der Waals surface area contributed by atoms with Gasteiger partial charge in [0.1, 0.15) is 0 Å². The molecule has 3 rings (SSSR count). The average Bonchev–Trinajstić information content (AvgIpc) is 3.17. The van der Waals surface area contributed by atoms with E-state index in [2.05, 4.69) is 43.7 Å². The van der Waals surface area contributed by atoms with Crippen molar-refractivity contribution < 1.29 is 4.79 Å². The molecule has 1 amide bonds. The van der Waals surface area contributed by atoms with E-state index in [4.69, 9.17) is 11.6 Å². The molecule has 29 heavy (non-hydrogen) atoms. The first kappa shape index (κ1) is 21.2. The summed E-state index contributed by atoms with van der Waals surface area (Å²) >= 11 is 6.14. The number of nitrogens with zero attached hydrogens (tertiary/aromatic N) is 2. The predicted molar refractivity (Wildman–Crippen MR) is 120 cm³/mol. The maximum absolute atomic E-state index is 13.3. The normalized spacial score (nSPS) is 12.0. The Morgan fingerprint density at radius 3 is 2.45 bits per heavy atom. The van der Waals surface area contributed by atoms with Crippen LogP contribution in [0.15, 0.2) is 66.9 Å². The van der Waals surface area contributed by atoms with Gasteiger partial charge in [-0.2, -0.15) is 0 Å². The molecule has 0 fully saturated rings. The molecule has 0 saturated carbocycles. The molecule has 3 nitrogen and oxygen atoms in total. The van der Waals surface area contributed by atoms with Crippen LogP contribution in [0, 0.1) is 0 Å². The number of rotatable bonds is 8. The smallest absolute Gasteiger partial charge is 0.254 e. The summed E-state index contributed by atoms with van der Waals surface area (Å²) in [4.78, 5) is 15.3. The lowest BCUT2D eigenvalue weighted by molar-refractivity contribution is 0.0667. The Morgan fingerprint density at radius 2 is 1.79 bits per heavy atom. The van der Waals surface area contributed by atoms with E-state index in [0.29, 0.717) is 6.54 Å². The van der Waals surface area contributed by atoms with Crippen LogP contribution in [-0.2, 0) is 19.5 Å². The summed E-state index contributed by atoms with van der Waals surface area (Å²) in [5.41, 5.74) is 4.25. The minimum Gasteiger partial charge on any atom is -0.345 e. The number of benzene rings is 2. The number of aromatic nitrogens is 1. The average molecular weight is 409 g/mol.